The third kappa shape index (κ3) is 6.82. The highest BCUT2D eigenvalue weighted by Crippen LogP contribution is 2.33. The minimum atomic E-state index is 0.385. The molecule has 3 heteroatoms. The lowest BCUT2D eigenvalue weighted by Gasteiger charge is -2.40. The van der Waals surface area contributed by atoms with E-state index in [1.54, 1.807) is 0 Å². The van der Waals surface area contributed by atoms with Crippen LogP contribution >= 0.6 is 11.8 Å². The van der Waals surface area contributed by atoms with Crippen LogP contribution in [0.15, 0.2) is 0 Å². The van der Waals surface area contributed by atoms with Gasteiger partial charge in [0.15, 0.2) is 0 Å². The number of thioether (sulfide) groups is 1. The second-order valence-electron chi connectivity index (χ2n) is 6.41. The Morgan fingerprint density at radius 2 is 1.50 bits per heavy atom. The molecule has 0 radical (unpaired) electrons. The van der Waals surface area contributed by atoms with Gasteiger partial charge in [-0.05, 0) is 45.2 Å². The van der Waals surface area contributed by atoms with Crippen molar-refractivity contribution in [3.63, 3.8) is 0 Å². The predicted molar refractivity (Wildman–Crippen MR) is 93.6 cm³/mol. The first kappa shape index (κ1) is 18.3. The zero-order valence-electron chi connectivity index (χ0n) is 13.8. The Morgan fingerprint density at radius 1 is 0.950 bits per heavy atom. The van der Waals surface area contributed by atoms with Crippen molar-refractivity contribution in [2.45, 2.75) is 75.9 Å². The summed E-state index contributed by atoms with van der Waals surface area (Å²) >= 11 is 1.98. The van der Waals surface area contributed by atoms with Gasteiger partial charge in [-0.15, -0.1) is 0 Å². The van der Waals surface area contributed by atoms with Crippen LogP contribution in [0.1, 0.15) is 71.1 Å². The number of piperidine rings is 1. The van der Waals surface area contributed by atoms with Crippen LogP contribution in [0.25, 0.3) is 0 Å². The highest BCUT2D eigenvalue weighted by molar-refractivity contribution is 8.00. The van der Waals surface area contributed by atoms with Crippen molar-refractivity contribution < 1.29 is 0 Å². The van der Waals surface area contributed by atoms with Gasteiger partial charge in [0.1, 0.15) is 0 Å². The Bertz CT molecular complexity index is 219. The van der Waals surface area contributed by atoms with Crippen molar-refractivity contribution in [2.24, 2.45) is 5.73 Å². The van der Waals surface area contributed by atoms with Crippen LogP contribution in [0.4, 0.5) is 0 Å². The molecule has 0 unspecified atom stereocenters. The van der Waals surface area contributed by atoms with Crippen LogP contribution in [-0.4, -0.2) is 42.1 Å². The van der Waals surface area contributed by atoms with Crippen molar-refractivity contribution in [1.29, 1.82) is 0 Å². The normalized spacial score (nSPS) is 19.4. The molecule has 1 rings (SSSR count). The summed E-state index contributed by atoms with van der Waals surface area (Å²) in [7, 11) is 0. The van der Waals surface area contributed by atoms with E-state index in [1.165, 1.54) is 83.8 Å². The van der Waals surface area contributed by atoms with E-state index >= 15 is 0 Å². The standard InChI is InChI=1S/C17H36N2S/c1-3-4-5-6-7-8-9-10-13-19-14-11-17(16-18,20-2)12-15-19/h3-16,18H2,1-2H3. The monoisotopic (exact) mass is 300 g/mol. The zero-order valence-corrected chi connectivity index (χ0v) is 14.6. The fourth-order valence-electron chi connectivity index (χ4n) is 3.15. The smallest absolute Gasteiger partial charge is 0.0303 e. The summed E-state index contributed by atoms with van der Waals surface area (Å²) in [6.45, 7) is 6.96. The number of hydrogen-bond acceptors (Lipinski definition) is 3. The minimum absolute atomic E-state index is 0.385. The zero-order chi connectivity index (χ0) is 14.7. The summed E-state index contributed by atoms with van der Waals surface area (Å²) in [5.41, 5.74) is 5.94. The molecule has 0 aromatic rings. The summed E-state index contributed by atoms with van der Waals surface area (Å²) in [4.78, 5) is 2.65. The second kappa shape index (κ2) is 10.9. The summed E-state index contributed by atoms with van der Waals surface area (Å²) in [5, 5.41) is 0. The first-order valence-corrected chi connectivity index (χ1v) is 9.96. The van der Waals surface area contributed by atoms with Crippen LogP contribution in [0.3, 0.4) is 0 Å². The van der Waals surface area contributed by atoms with Gasteiger partial charge in [-0.2, -0.15) is 11.8 Å². The molecule has 20 heavy (non-hydrogen) atoms. The Hall–Kier alpha value is 0.270. The Morgan fingerprint density at radius 3 is 2.00 bits per heavy atom. The number of hydrogen-bond donors (Lipinski definition) is 1. The van der Waals surface area contributed by atoms with E-state index in [0.717, 1.165) is 6.54 Å². The number of rotatable bonds is 11. The topological polar surface area (TPSA) is 29.3 Å². The molecule has 2 nitrogen and oxygen atoms in total. The van der Waals surface area contributed by atoms with Gasteiger partial charge in [0.25, 0.3) is 0 Å². The lowest BCUT2D eigenvalue weighted by Crippen LogP contribution is -2.46. The van der Waals surface area contributed by atoms with E-state index in [-0.39, 0.29) is 0 Å². The van der Waals surface area contributed by atoms with Gasteiger partial charge >= 0.3 is 0 Å². The maximum absolute atomic E-state index is 5.94. The van der Waals surface area contributed by atoms with Crippen LogP contribution in [0.5, 0.6) is 0 Å². The molecule has 0 aromatic heterocycles. The average Bonchev–Trinajstić information content (AvgIpc) is 2.51. The predicted octanol–water partition coefficient (Wildman–Crippen LogP) is 4.28. The lowest BCUT2D eigenvalue weighted by atomic mass is 9.95. The summed E-state index contributed by atoms with van der Waals surface area (Å²) in [5.74, 6) is 0. The van der Waals surface area contributed by atoms with Gasteiger partial charge in [-0.25, -0.2) is 0 Å². The van der Waals surface area contributed by atoms with Crippen LogP contribution in [-0.2, 0) is 0 Å². The molecule has 120 valence electrons. The summed E-state index contributed by atoms with van der Waals surface area (Å²) in [6.07, 6.45) is 16.2. The molecule has 0 bridgehead atoms. The highest BCUT2D eigenvalue weighted by Gasteiger charge is 2.32. The summed E-state index contributed by atoms with van der Waals surface area (Å²) < 4.78 is 0.385. The molecule has 0 spiro atoms. The molecule has 1 saturated heterocycles. The first-order chi connectivity index (χ1) is 9.76. The first-order valence-electron chi connectivity index (χ1n) is 8.74. The maximum atomic E-state index is 5.94. The van der Waals surface area contributed by atoms with Crippen molar-refractivity contribution in [3.8, 4) is 0 Å². The molecule has 0 amide bonds. The van der Waals surface area contributed by atoms with E-state index in [4.69, 9.17) is 5.73 Å². The molecule has 0 aromatic carbocycles. The van der Waals surface area contributed by atoms with Gasteiger partial charge in [0, 0.05) is 11.3 Å². The molecular formula is C17H36N2S. The molecule has 1 heterocycles. The number of nitrogens with two attached hydrogens (primary N) is 1. The second-order valence-corrected chi connectivity index (χ2v) is 7.68. The van der Waals surface area contributed by atoms with E-state index in [0.29, 0.717) is 4.75 Å². The van der Waals surface area contributed by atoms with E-state index < -0.39 is 0 Å². The molecular weight excluding hydrogens is 264 g/mol. The van der Waals surface area contributed by atoms with Crippen molar-refractivity contribution in [1.82, 2.24) is 4.90 Å². The fourth-order valence-corrected chi connectivity index (χ4v) is 3.90. The molecule has 2 N–H and O–H groups in total. The Kier molecular flexibility index (Phi) is 10.0. The van der Waals surface area contributed by atoms with E-state index in [2.05, 4.69) is 18.1 Å². The number of nitrogens with zero attached hydrogens (tertiary/aromatic N) is 1. The Balaban J connectivity index is 1.96. The van der Waals surface area contributed by atoms with Crippen LogP contribution < -0.4 is 5.73 Å². The molecule has 1 fully saturated rings. The minimum Gasteiger partial charge on any atom is -0.329 e. The fraction of sp³-hybridized carbons (Fsp3) is 1.00. The Labute approximate surface area is 131 Å². The summed E-state index contributed by atoms with van der Waals surface area (Å²) in [6, 6.07) is 0. The van der Waals surface area contributed by atoms with Gasteiger partial charge in [-0.3, -0.25) is 0 Å². The SMILES string of the molecule is CCCCCCCCCCN1CCC(CN)(SC)CC1. The largest absolute Gasteiger partial charge is 0.329 e. The third-order valence-electron chi connectivity index (χ3n) is 4.90. The molecule has 0 atom stereocenters. The maximum Gasteiger partial charge on any atom is 0.0303 e. The lowest BCUT2D eigenvalue weighted by molar-refractivity contribution is 0.198. The highest BCUT2D eigenvalue weighted by atomic mass is 32.2. The van der Waals surface area contributed by atoms with Crippen molar-refractivity contribution in [2.75, 3.05) is 32.4 Å². The van der Waals surface area contributed by atoms with Crippen molar-refractivity contribution >= 4 is 11.8 Å². The number of unbranched alkanes of at least 4 members (excludes halogenated alkanes) is 7. The van der Waals surface area contributed by atoms with Gasteiger partial charge in [-0.1, -0.05) is 51.9 Å². The molecule has 0 saturated carbocycles. The number of likely N-dealkylation sites (tertiary alicyclic amines) is 1. The van der Waals surface area contributed by atoms with E-state index in [9.17, 15) is 0 Å². The van der Waals surface area contributed by atoms with Gasteiger partial charge < -0.3 is 10.6 Å². The molecule has 0 aliphatic carbocycles. The van der Waals surface area contributed by atoms with Crippen LogP contribution in [0.2, 0.25) is 0 Å². The van der Waals surface area contributed by atoms with E-state index in [1.807, 2.05) is 11.8 Å². The third-order valence-corrected chi connectivity index (χ3v) is 6.34. The molecule has 1 aliphatic heterocycles. The van der Waals surface area contributed by atoms with Crippen LogP contribution in [0, 0.1) is 0 Å². The van der Waals surface area contributed by atoms with Gasteiger partial charge in [0.05, 0.1) is 0 Å². The quantitative estimate of drug-likeness (QED) is 0.577. The average molecular weight is 301 g/mol. The van der Waals surface area contributed by atoms with Crippen molar-refractivity contribution in [3.05, 3.63) is 0 Å². The van der Waals surface area contributed by atoms with Gasteiger partial charge in [0.2, 0.25) is 0 Å². The molecule has 1 aliphatic rings.